The molecule has 0 bridgehead atoms. The van der Waals surface area contributed by atoms with E-state index in [4.69, 9.17) is 4.74 Å². The third-order valence-electron chi connectivity index (χ3n) is 4.49. The molecular formula is C20H23NO3. The molecule has 3 rings (SSSR count). The molecule has 0 aromatic heterocycles. The van der Waals surface area contributed by atoms with Gasteiger partial charge in [-0.3, -0.25) is 4.90 Å². The molecule has 0 radical (unpaired) electrons. The summed E-state index contributed by atoms with van der Waals surface area (Å²) in [6.07, 6.45) is 0.625. The van der Waals surface area contributed by atoms with E-state index in [1.54, 1.807) is 24.3 Å². The molecule has 0 saturated carbocycles. The fourth-order valence-electron chi connectivity index (χ4n) is 3.03. The summed E-state index contributed by atoms with van der Waals surface area (Å²) in [6, 6.07) is 19.2. The Morgan fingerprint density at radius 1 is 1.17 bits per heavy atom. The van der Waals surface area contributed by atoms with E-state index in [-0.39, 0.29) is 6.10 Å². The first-order valence-corrected chi connectivity index (χ1v) is 8.31. The first kappa shape index (κ1) is 16.7. The number of nitrogens with zero attached hydrogens (tertiary/aromatic N) is 1. The van der Waals surface area contributed by atoms with Crippen LogP contribution in [0.3, 0.4) is 0 Å². The van der Waals surface area contributed by atoms with Crippen LogP contribution in [0.1, 0.15) is 24.5 Å². The van der Waals surface area contributed by atoms with E-state index in [2.05, 4.69) is 17.0 Å². The van der Waals surface area contributed by atoms with Crippen LogP contribution in [0.4, 0.5) is 0 Å². The van der Waals surface area contributed by atoms with Crippen LogP contribution in [-0.4, -0.2) is 35.2 Å². The smallest absolute Gasteiger partial charge is 0.342 e. The van der Waals surface area contributed by atoms with Crippen LogP contribution in [0, 0.1) is 0 Å². The Balaban J connectivity index is 1.56. The number of rotatable bonds is 5. The highest BCUT2D eigenvalue weighted by molar-refractivity contribution is 5.80. The van der Waals surface area contributed by atoms with Gasteiger partial charge in [0, 0.05) is 19.6 Å². The first-order chi connectivity index (χ1) is 11.6. The van der Waals surface area contributed by atoms with Gasteiger partial charge in [-0.15, -0.1) is 0 Å². The van der Waals surface area contributed by atoms with Crippen molar-refractivity contribution in [2.45, 2.75) is 31.6 Å². The van der Waals surface area contributed by atoms with Crippen LogP contribution in [0.5, 0.6) is 0 Å². The summed E-state index contributed by atoms with van der Waals surface area (Å²) in [5.74, 6) is -0.583. The Labute approximate surface area is 142 Å². The number of aliphatic hydroxyl groups is 1. The molecule has 0 amide bonds. The van der Waals surface area contributed by atoms with E-state index in [9.17, 15) is 9.90 Å². The molecule has 1 fully saturated rings. The monoisotopic (exact) mass is 325 g/mol. The molecule has 2 aromatic carbocycles. The van der Waals surface area contributed by atoms with Crippen molar-refractivity contribution in [2.75, 3.05) is 13.1 Å². The number of benzene rings is 2. The van der Waals surface area contributed by atoms with Crippen LogP contribution in [0.2, 0.25) is 0 Å². The van der Waals surface area contributed by atoms with Gasteiger partial charge in [0.05, 0.1) is 0 Å². The third-order valence-corrected chi connectivity index (χ3v) is 4.49. The maximum Gasteiger partial charge on any atom is 0.342 e. The van der Waals surface area contributed by atoms with Crippen molar-refractivity contribution < 1.29 is 14.6 Å². The van der Waals surface area contributed by atoms with Crippen LogP contribution in [-0.2, 0) is 21.7 Å². The lowest BCUT2D eigenvalue weighted by Gasteiger charge is -2.24. The Morgan fingerprint density at radius 3 is 2.46 bits per heavy atom. The number of ether oxygens (including phenoxy) is 1. The van der Waals surface area contributed by atoms with Crippen molar-refractivity contribution in [3.63, 3.8) is 0 Å². The lowest BCUT2D eigenvalue weighted by atomic mass is 9.96. The lowest BCUT2D eigenvalue weighted by molar-refractivity contribution is -0.169. The summed E-state index contributed by atoms with van der Waals surface area (Å²) >= 11 is 0. The Hall–Kier alpha value is -2.17. The zero-order chi connectivity index (χ0) is 17.0. The van der Waals surface area contributed by atoms with E-state index in [1.165, 1.54) is 12.5 Å². The van der Waals surface area contributed by atoms with Gasteiger partial charge in [-0.2, -0.15) is 0 Å². The Morgan fingerprint density at radius 2 is 1.79 bits per heavy atom. The van der Waals surface area contributed by atoms with Crippen LogP contribution in [0.15, 0.2) is 60.7 Å². The van der Waals surface area contributed by atoms with Crippen LogP contribution >= 0.6 is 0 Å². The molecule has 1 aliphatic heterocycles. The predicted molar refractivity (Wildman–Crippen MR) is 92.2 cm³/mol. The molecule has 126 valence electrons. The average molecular weight is 325 g/mol. The highest BCUT2D eigenvalue weighted by Gasteiger charge is 2.37. The summed E-state index contributed by atoms with van der Waals surface area (Å²) in [4.78, 5) is 14.7. The van der Waals surface area contributed by atoms with Crippen molar-refractivity contribution in [1.29, 1.82) is 0 Å². The Bertz CT molecular complexity index is 670. The molecule has 4 heteroatoms. The summed E-state index contributed by atoms with van der Waals surface area (Å²) in [5.41, 5.74) is 0.184. The molecule has 1 heterocycles. The molecule has 1 N–H and O–H groups in total. The minimum atomic E-state index is -1.62. The van der Waals surface area contributed by atoms with Gasteiger partial charge >= 0.3 is 5.97 Å². The summed E-state index contributed by atoms with van der Waals surface area (Å²) in [6.45, 7) is 3.93. The third kappa shape index (κ3) is 3.83. The second-order valence-electron chi connectivity index (χ2n) is 6.47. The summed E-state index contributed by atoms with van der Waals surface area (Å²) in [5, 5.41) is 10.5. The number of hydrogen-bond donors (Lipinski definition) is 1. The second-order valence-corrected chi connectivity index (χ2v) is 6.47. The molecule has 0 spiro atoms. The normalized spacial score (nSPS) is 20.5. The molecule has 1 saturated heterocycles. The molecule has 1 aliphatic rings. The highest BCUT2D eigenvalue weighted by Crippen LogP contribution is 2.24. The van der Waals surface area contributed by atoms with Crippen molar-refractivity contribution in [3.05, 3.63) is 71.8 Å². The van der Waals surface area contributed by atoms with Gasteiger partial charge in [-0.05, 0) is 24.5 Å². The van der Waals surface area contributed by atoms with Crippen molar-refractivity contribution in [3.8, 4) is 0 Å². The van der Waals surface area contributed by atoms with Gasteiger partial charge < -0.3 is 9.84 Å². The molecular weight excluding hydrogens is 302 g/mol. The summed E-state index contributed by atoms with van der Waals surface area (Å²) < 4.78 is 5.57. The number of hydrogen-bond acceptors (Lipinski definition) is 4. The predicted octanol–water partition coefficient (Wildman–Crippen LogP) is 2.71. The SMILES string of the molecule is CC(O)(C(=O)OC1CCN(Cc2ccccc2)C1)c1ccccc1. The van der Waals surface area contributed by atoms with E-state index in [0.29, 0.717) is 12.1 Å². The quantitative estimate of drug-likeness (QED) is 0.859. The topological polar surface area (TPSA) is 49.8 Å². The fraction of sp³-hybridized carbons (Fsp3) is 0.350. The largest absolute Gasteiger partial charge is 0.459 e. The number of carbonyl (C=O) groups excluding carboxylic acids is 1. The lowest BCUT2D eigenvalue weighted by Crippen LogP contribution is -2.37. The van der Waals surface area contributed by atoms with Crippen molar-refractivity contribution in [1.82, 2.24) is 4.90 Å². The van der Waals surface area contributed by atoms with Gasteiger partial charge in [-0.25, -0.2) is 4.79 Å². The first-order valence-electron chi connectivity index (χ1n) is 8.31. The summed E-state index contributed by atoms with van der Waals surface area (Å²) in [7, 11) is 0. The maximum atomic E-state index is 12.4. The highest BCUT2D eigenvalue weighted by atomic mass is 16.6. The van der Waals surface area contributed by atoms with Gasteiger partial charge in [0.25, 0.3) is 0 Å². The second kappa shape index (κ2) is 7.16. The van der Waals surface area contributed by atoms with Gasteiger partial charge in [0.1, 0.15) is 6.10 Å². The minimum absolute atomic E-state index is 0.170. The molecule has 2 unspecified atom stereocenters. The van der Waals surface area contributed by atoms with Crippen molar-refractivity contribution in [2.24, 2.45) is 0 Å². The van der Waals surface area contributed by atoms with Crippen molar-refractivity contribution >= 4 is 5.97 Å². The number of esters is 1. The maximum absolute atomic E-state index is 12.4. The average Bonchev–Trinajstić information content (AvgIpc) is 3.03. The molecule has 2 atom stereocenters. The van der Waals surface area contributed by atoms with Crippen LogP contribution < -0.4 is 0 Å². The zero-order valence-corrected chi connectivity index (χ0v) is 13.9. The number of carbonyl (C=O) groups is 1. The zero-order valence-electron chi connectivity index (χ0n) is 13.9. The van der Waals surface area contributed by atoms with E-state index >= 15 is 0 Å². The van der Waals surface area contributed by atoms with Crippen LogP contribution in [0.25, 0.3) is 0 Å². The van der Waals surface area contributed by atoms with E-state index in [1.807, 2.05) is 24.3 Å². The molecule has 2 aromatic rings. The van der Waals surface area contributed by atoms with E-state index < -0.39 is 11.6 Å². The fourth-order valence-corrected chi connectivity index (χ4v) is 3.03. The number of likely N-dealkylation sites (tertiary alicyclic amines) is 1. The molecule has 24 heavy (non-hydrogen) atoms. The van der Waals surface area contributed by atoms with Gasteiger partial charge in [-0.1, -0.05) is 60.7 Å². The molecule has 0 aliphatic carbocycles. The standard InChI is InChI=1S/C20H23NO3/c1-20(23,17-10-6-3-7-11-17)19(22)24-18-12-13-21(15-18)14-16-8-4-2-5-9-16/h2-11,18,23H,12-15H2,1H3. The minimum Gasteiger partial charge on any atom is -0.459 e. The molecule has 4 nitrogen and oxygen atoms in total. The van der Waals surface area contributed by atoms with E-state index in [0.717, 1.165) is 19.5 Å². The van der Waals surface area contributed by atoms with Gasteiger partial charge in [0.2, 0.25) is 0 Å². The van der Waals surface area contributed by atoms with Gasteiger partial charge in [0.15, 0.2) is 5.60 Å². The Kier molecular flexibility index (Phi) is 4.97.